The molecule has 0 fully saturated rings. The number of carbonyl (C=O) groups is 1. The van der Waals surface area contributed by atoms with Crippen molar-refractivity contribution in [3.63, 3.8) is 0 Å². The van der Waals surface area contributed by atoms with Gasteiger partial charge >= 0.3 is 5.97 Å². The summed E-state index contributed by atoms with van der Waals surface area (Å²) in [5.74, 6) is 6.32. The van der Waals surface area contributed by atoms with Gasteiger partial charge in [0.05, 0.1) is 38.4 Å². The molecule has 0 aliphatic carbocycles. The Morgan fingerprint density at radius 1 is 1.54 bits per heavy atom. The minimum atomic E-state index is -0.725. The molecule has 2 N–H and O–H groups in total. The Bertz CT molecular complexity index is 845. The van der Waals surface area contributed by atoms with E-state index in [2.05, 4.69) is 27.1 Å². The van der Waals surface area contributed by atoms with Crippen molar-refractivity contribution < 1.29 is 14.6 Å². The molecule has 0 radical (unpaired) electrons. The van der Waals surface area contributed by atoms with Crippen molar-refractivity contribution in [1.29, 1.82) is 0 Å². The van der Waals surface area contributed by atoms with E-state index in [1.807, 2.05) is 6.07 Å². The van der Waals surface area contributed by atoms with Crippen molar-refractivity contribution >= 4 is 18.1 Å². The zero-order chi connectivity index (χ0) is 16.9. The fraction of sp³-hybridized carbons (Fsp3) is 0.235. The molecule has 122 valence electrons. The number of nitrogens with zero attached hydrogens (tertiary/aromatic N) is 3. The molecule has 1 unspecified atom stereocenters. The van der Waals surface area contributed by atoms with Gasteiger partial charge in [-0.2, -0.15) is 0 Å². The number of anilines is 1. The second kappa shape index (κ2) is 6.98. The normalized spacial score (nSPS) is 15.5. The summed E-state index contributed by atoms with van der Waals surface area (Å²) >= 11 is 0. The molecule has 24 heavy (non-hydrogen) atoms. The molecule has 0 saturated carbocycles. The molecule has 2 aromatic rings. The molecule has 1 atom stereocenters. The highest BCUT2D eigenvalue weighted by atomic mass is 16.5. The molecule has 0 amide bonds. The summed E-state index contributed by atoms with van der Waals surface area (Å²) in [6.07, 6.45) is 2.44. The van der Waals surface area contributed by atoms with Gasteiger partial charge in [0.2, 0.25) is 0 Å². The zero-order valence-corrected chi connectivity index (χ0v) is 13.1. The van der Waals surface area contributed by atoms with Crippen molar-refractivity contribution in [1.82, 2.24) is 9.55 Å². The number of methoxy groups -OCH3 is 1. The number of hydrogen-bond donors (Lipinski definition) is 2. The Morgan fingerprint density at radius 2 is 2.42 bits per heavy atom. The number of esters is 1. The number of aromatic nitrogens is 2. The van der Waals surface area contributed by atoms with Crippen LogP contribution in [0.4, 0.5) is 5.82 Å². The van der Waals surface area contributed by atoms with Crippen LogP contribution >= 0.6 is 0 Å². The van der Waals surface area contributed by atoms with Gasteiger partial charge in [-0.3, -0.25) is 4.99 Å². The van der Waals surface area contributed by atoms with Crippen molar-refractivity contribution in [2.75, 3.05) is 19.0 Å². The van der Waals surface area contributed by atoms with Crippen LogP contribution in [0.1, 0.15) is 27.7 Å². The number of benzene rings is 1. The first kappa shape index (κ1) is 15.8. The highest BCUT2D eigenvalue weighted by Gasteiger charge is 2.19. The smallest absolute Gasteiger partial charge is 0.337 e. The van der Waals surface area contributed by atoms with E-state index in [1.54, 1.807) is 35.4 Å². The van der Waals surface area contributed by atoms with Gasteiger partial charge in [0.15, 0.2) is 0 Å². The van der Waals surface area contributed by atoms with Gasteiger partial charge in [-0.15, -0.1) is 0 Å². The highest BCUT2D eigenvalue weighted by molar-refractivity contribution is 5.89. The highest BCUT2D eigenvalue weighted by Crippen LogP contribution is 2.23. The number of nitrogens with one attached hydrogen (secondary N) is 1. The topological polar surface area (TPSA) is 88.7 Å². The van der Waals surface area contributed by atoms with Gasteiger partial charge in [0.25, 0.3) is 0 Å². The SMILES string of the molecule is COC(=O)c1cccc(C#CCn2cnc3c2NC=NCC3O)c1. The molecular weight excluding hydrogens is 308 g/mol. The fourth-order valence-corrected chi connectivity index (χ4v) is 2.33. The lowest BCUT2D eigenvalue weighted by Crippen LogP contribution is -2.05. The van der Waals surface area contributed by atoms with E-state index in [9.17, 15) is 9.90 Å². The van der Waals surface area contributed by atoms with Gasteiger partial charge in [-0.25, -0.2) is 9.78 Å². The maximum absolute atomic E-state index is 11.5. The standard InChI is InChI=1S/C17H16N4O3/c1-24-17(23)13-6-2-4-12(8-13)5-3-7-21-11-20-15-14(22)9-18-10-19-16(15)21/h2,4,6,8,10-11,14,22H,7,9H2,1H3,(H,18,19). The number of imidazole rings is 1. The average Bonchev–Trinajstić information content (AvgIpc) is 2.91. The molecule has 1 aliphatic rings. The maximum Gasteiger partial charge on any atom is 0.337 e. The van der Waals surface area contributed by atoms with Crippen LogP contribution in [0.25, 0.3) is 0 Å². The molecule has 7 heteroatoms. The predicted octanol–water partition coefficient (Wildman–Crippen LogP) is 1.21. The molecular formula is C17H16N4O3. The Labute approximate surface area is 139 Å². The summed E-state index contributed by atoms with van der Waals surface area (Å²) in [6, 6.07) is 6.94. The van der Waals surface area contributed by atoms with E-state index < -0.39 is 12.1 Å². The first-order valence-electron chi connectivity index (χ1n) is 7.34. The third-order valence-corrected chi connectivity index (χ3v) is 3.52. The number of aliphatic hydroxyl groups excluding tert-OH is 1. The Balaban J connectivity index is 1.77. The summed E-state index contributed by atoms with van der Waals surface area (Å²) < 4.78 is 6.49. The number of aliphatic imine (C=N–C) groups is 1. The van der Waals surface area contributed by atoms with Gasteiger partial charge in [0.1, 0.15) is 17.6 Å². The van der Waals surface area contributed by atoms with Gasteiger partial charge in [0, 0.05) is 5.56 Å². The quantitative estimate of drug-likeness (QED) is 0.640. The number of rotatable bonds is 2. The molecule has 0 saturated heterocycles. The monoisotopic (exact) mass is 324 g/mol. The first-order valence-corrected chi connectivity index (χ1v) is 7.34. The third kappa shape index (κ3) is 3.29. The van der Waals surface area contributed by atoms with Crippen LogP contribution < -0.4 is 5.32 Å². The maximum atomic E-state index is 11.5. The van der Waals surface area contributed by atoms with E-state index in [-0.39, 0.29) is 6.54 Å². The molecule has 3 rings (SSSR count). The van der Waals surface area contributed by atoms with E-state index in [0.717, 1.165) is 5.56 Å². The second-order valence-electron chi connectivity index (χ2n) is 5.13. The summed E-state index contributed by atoms with van der Waals surface area (Å²) in [5.41, 5.74) is 1.74. The molecule has 1 aromatic heterocycles. The van der Waals surface area contributed by atoms with Crippen LogP contribution in [-0.2, 0) is 11.3 Å². The second-order valence-corrected chi connectivity index (χ2v) is 5.13. The number of hydrogen-bond acceptors (Lipinski definition) is 6. The largest absolute Gasteiger partial charge is 0.465 e. The van der Waals surface area contributed by atoms with Crippen LogP contribution in [0.2, 0.25) is 0 Å². The lowest BCUT2D eigenvalue weighted by atomic mass is 10.1. The molecule has 7 nitrogen and oxygen atoms in total. The van der Waals surface area contributed by atoms with Gasteiger partial charge in [-0.1, -0.05) is 17.9 Å². The number of aliphatic hydroxyl groups is 1. The van der Waals surface area contributed by atoms with Crippen molar-refractivity contribution in [2.45, 2.75) is 12.6 Å². The van der Waals surface area contributed by atoms with Gasteiger partial charge < -0.3 is 19.7 Å². The molecule has 0 bridgehead atoms. The molecule has 1 aromatic carbocycles. The van der Waals surface area contributed by atoms with Gasteiger partial charge in [-0.05, 0) is 18.2 Å². The minimum Gasteiger partial charge on any atom is -0.465 e. The van der Waals surface area contributed by atoms with E-state index in [1.165, 1.54) is 7.11 Å². The van der Waals surface area contributed by atoms with Crippen LogP contribution in [0.5, 0.6) is 0 Å². The van der Waals surface area contributed by atoms with E-state index >= 15 is 0 Å². The first-order chi connectivity index (χ1) is 11.7. The Hall–Kier alpha value is -3.11. The zero-order valence-electron chi connectivity index (χ0n) is 13.1. The van der Waals surface area contributed by atoms with Crippen LogP contribution in [-0.4, -0.2) is 40.6 Å². The van der Waals surface area contributed by atoms with Crippen molar-refractivity contribution in [2.24, 2.45) is 4.99 Å². The Kier molecular flexibility index (Phi) is 4.59. The molecule has 1 aliphatic heterocycles. The average molecular weight is 324 g/mol. The molecule has 2 heterocycles. The summed E-state index contributed by atoms with van der Waals surface area (Å²) in [7, 11) is 1.34. The number of carbonyl (C=O) groups excluding carboxylic acids is 1. The van der Waals surface area contributed by atoms with Crippen LogP contribution in [0, 0.1) is 11.8 Å². The van der Waals surface area contributed by atoms with Crippen molar-refractivity contribution in [3.8, 4) is 11.8 Å². The summed E-state index contributed by atoms with van der Waals surface area (Å²) in [5, 5.41) is 13.0. The third-order valence-electron chi connectivity index (χ3n) is 3.52. The predicted molar refractivity (Wildman–Crippen MR) is 88.8 cm³/mol. The summed E-state index contributed by atoms with van der Waals surface area (Å²) in [6.45, 7) is 0.668. The van der Waals surface area contributed by atoms with E-state index in [0.29, 0.717) is 23.6 Å². The minimum absolute atomic E-state index is 0.281. The Morgan fingerprint density at radius 3 is 3.25 bits per heavy atom. The lowest BCUT2D eigenvalue weighted by Gasteiger charge is -2.06. The van der Waals surface area contributed by atoms with E-state index in [4.69, 9.17) is 4.74 Å². The summed E-state index contributed by atoms with van der Waals surface area (Å²) in [4.78, 5) is 19.8. The number of fused-ring (bicyclic) bond motifs is 1. The van der Waals surface area contributed by atoms with Crippen LogP contribution in [0.15, 0.2) is 35.6 Å². The lowest BCUT2D eigenvalue weighted by molar-refractivity contribution is 0.0600. The molecule has 0 spiro atoms. The van der Waals surface area contributed by atoms with Crippen LogP contribution in [0.3, 0.4) is 0 Å². The number of ether oxygens (including phenoxy) is 1. The fourth-order valence-electron chi connectivity index (χ4n) is 2.33. The van der Waals surface area contributed by atoms with Crippen molar-refractivity contribution in [3.05, 3.63) is 47.4 Å².